The summed E-state index contributed by atoms with van der Waals surface area (Å²) in [4.78, 5) is 0. The fraction of sp³-hybridized carbons (Fsp3) is 0.333. The molecule has 1 unspecified atom stereocenters. The molecular weight excluding hydrogens is 316 g/mol. The second kappa shape index (κ2) is 5.24. The molecule has 1 atom stereocenters. The smallest absolute Gasteiger partial charge is 0.216 e. The summed E-state index contributed by atoms with van der Waals surface area (Å²) in [5.41, 5.74) is 1.24. The lowest BCUT2D eigenvalue weighted by molar-refractivity contribution is 0.414. The van der Waals surface area contributed by atoms with Gasteiger partial charge in [0, 0.05) is 11.3 Å². The van der Waals surface area contributed by atoms with Gasteiger partial charge >= 0.3 is 0 Å². The first-order valence-corrected chi connectivity index (χ1v) is 8.87. The van der Waals surface area contributed by atoms with Crippen molar-refractivity contribution >= 4 is 23.5 Å². The van der Waals surface area contributed by atoms with Gasteiger partial charge in [0.2, 0.25) is 5.16 Å². The van der Waals surface area contributed by atoms with Gasteiger partial charge in [0.15, 0.2) is 5.82 Å². The van der Waals surface area contributed by atoms with E-state index in [1.54, 1.807) is 18.9 Å². The van der Waals surface area contributed by atoms with Gasteiger partial charge < -0.3 is 4.74 Å². The summed E-state index contributed by atoms with van der Waals surface area (Å²) >= 11 is 3.50. The van der Waals surface area contributed by atoms with Gasteiger partial charge in [-0.3, -0.25) is 5.01 Å². The van der Waals surface area contributed by atoms with Crippen LogP contribution in [0.5, 0.6) is 5.75 Å². The van der Waals surface area contributed by atoms with E-state index in [0.717, 1.165) is 16.7 Å². The Hall–Kier alpha value is -1.60. The Morgan fingerprint density at radius 3 is 2.64 bits per heavy atom. The summed E-state index contributed by atoms with van der Waals surface area (Å²) in [6.07, 6.45) is 0. The van der Waals surface area contributed by atoms with Gasteiger partial charge in [-0.15, -0.1) is 10.2 Å². The fourth-order valence-corrected chi connectivity index (χ4v) is 4.84. The van der Waals surface area contributed by atoms with Crippen molar-refractivity contribution in [2.24, 2.45) is 0 Å². The molecule has 0 bridgehead atoms. The second-order valence-corrected chi connectivity index (χ2v) is 7.41. The lowest BCUT2D eigenvalue weighted by atomic mass is 10.2. The van der Waals surface area contributed by atoms with E-state index in [-0.39, 0.29) is 5.37 Å². The quantitative estimate of drug-likeness (QED) is 0.854. The molecular formula is C15H16N4OS2. The molecule has 0 saturated heterocycles. The monoisotopic (exact) mass is 332 g/mol. The van der Waals surface area contributed by atoms with E-state index in [9.17, 15) is 0 Å². The van der Waals surface area contributed by atoms with Crippen LogP contribution in [0.1, 0.15) is 36.5 Å². The summed E-state index contributed by atoms with van der Waals surface area (Å²) in [7, 11) is 1.69. The lowest BCUT2D eigenvalue weighted by Crippen LogP contribution is -2.31. The molecule has 4 rings (SSSR count). The molecule has 7 heteroatoms. The van der Waals surface area contributed by atoms with Crippen molar-refractivity contribution in [2.45, 2.75) is 30.3 Å². The zero-order chi connectivity index (χ0) is 15.3. The third-order valence-electron chi connectivity index (χ3n) is 3.71. The van der Waals surface area contributed by atoms with E-state index in [2.05, 4.69) is 51.3 Å². The van der Waals surface area contributed by atoms with Gasteiger partial charge in [-0.05, 0) is 29.5 Å². The lowest BCUT2D eigenvalue weighted by Gasteiger charge is -2.26. The summed E-state index contributed by atoms with van der Waals surface area (Å²) in [6.45, 7) is 4.30. The van der Waals surface area contributed by atoms with E-state index in [4.69, 9.17) is 4.74 Å². The van der Waals surface area contributed by atoms with Gasteiger partial charge in [-0.25, -0.2) is 4.68 Å². The normalized spacial score (nSPS) is 19.4. The zero-order valence-corrected chi connectivity index (χ0v) is 14.2. The third-order valence-corrected chi connectivity index (χ3v) is 5.90. The van der Waals surface area contributed by atoms with E-state index in [1.165, 1.54) is 10.6 Å². The van der Waals surface area contributed by atoms with Crippen LogP contribution in [0.25, 0.3) is 0 Å². The standard InChI is InChI=1S/C15H16N4OS2/c1-9(2)13-16-17-15-19(13)18-12(22-15)8-21-14(18)10-4-6-11(20-3)7-5-10/h4-9,14H,1-3H3. The van der Waals surface area contributed by atoms with Crippen molar-refractivity contribution in [3.05, 3.63) is 46.1 Å². The Morgan fingerprint density at radius 2 is 1.95 bits per heavy atom. The van der Waals surface area contributed by atoms with Crippen molar-refractivity contribution in [1.29, 1.82) is 0 Å². The van der Waals surface area contributed by atoms with Gasteiger partial charge in [0.05, 0.1) is 7.11 Å². The first kappa shape index (κ1) is 14.0. The van der Waals surface area contributed by atoms with Crippen LogP contribution in [0.2, 0.25) is 0 Å². The number of thioether (sulfide) groups is 2. The predicted molar refractivity (Wildman–Crippen MR) is 89.6 cm³/mol. The average Bonchev–Trinajstić information content (AvgIpc) is 3.17. The van der Waals surface area contributed by atoms with Crippen LogP contribution in [0, 0.1) is 0 Å². The molecule has 2 aliphatic rings. The largest absolute Gasteiger partial charge is 0.497 e. The highest BCUT2D eigenvalue weighted by molar-refractivity contribution is 8.07. The topological polar surface area (TPSA) is 43.2 Å². The highest BCUT2D eigenvalue weighted by Gasteiger charge is 2.39. The summed E-state index contributed by atoms with van der Waals surface area (Å²) < 4.78 is 7.41. The number of aromatic nitrogens is 3. The van der Waals surface area contributed by atoms with Crippen molar-refractivity contribution in [3.8, 4) is 5.75 Å². The number of nitrogens with zero attached hydrogens (tertiary/aromatic N) is 4. The van der Waals surface area contributed by atoms with Gasteiger partial charge in [0.1, 0.15) is 16.2 Å². The Labute approximate surface area is 137 Å². The van der Waals surface area contributed by atoms with Crippen LogP contribution in [0.15, 0.2) is 39.9 Å². The maximum absolute atomic E-state index is 5.25. The van der Waals surface area contributed by atoms with Crippen molar-refractivity contribution < 1.29 is 4.74 Å². The highest BCUT2D eigenvalue weighted by atomic mass is 32.2. The molecule has 0 fully saturated rings. The zero-order valence-electron chi connectivity index (χ0n) is 12.6. The summed E-state index contributed by atoms with van der Waals surface area (Å²) in [5.74, 6) is 2.22. The Bertz CT molecular complexity index is 739. The fourth-order valence-electron chi connectivity index (χ4n) is 2.61. The number of hydrogen-bond acceptors (Lipinski definition) is 6. The van der Waals surface area contributed by atoms with Crippen molar-refractivity contribution in [3.63, 3.8) is 0 Å². The van der Waals surface area contributed by atoms with E-state index < -0.39 is 0 Å². The van der Waals surface area contributed by atoms with Crippen LogP contribution in [0.3, 0.4) is 0 Å². The minimum absolute atomic E-state index is 0.211. The molecule has 0 spiro atoms. The SMILES string of the molecule is COc1ccc(C2SC=C3Sc4nnc(C(C)C)n4N32)cc1. The number of benzene rings is 1. The van der Waals surface area contributed by atoms with E-state index >= 15 is 0 Å². The minimum atomic E-state index is 0.211. The number of ether oxygens (including phenoxy) is 1. The molecule has 5 nitrogen and oxygen atoms in total. The van der Waals surface area contributed by atoms with Crippen LogP contribution in [0.4, 0.5) is 0 Å². The minimum Gasteiger partial charge on any atom is -0.497 e. The van der Waals surface area contributed by atoms with Gasteiger partial charge in [0.25, 0.3) is 0 Å². The maximum Gasteiger partial charge on any atom is 0.216 e. The number of hydrogen-bond donors (Lipinski definition) is 0. The molecule has 1 aromatic carbocycles. The molecule has 2 aliphatic heterocycles. The number of rotatable bonds is 3. The number of fused-ring (bicyclic) bond motifs is 3. The van der Waals surface area contributed by atoms with Crippen LogP contribution in [-0.4, -0.2) is 22.0 Å². The molecule has 0 amide bonds. The Morgan fingerprint density at radius 1 is 1.18 bits per heavy atom. The summed E-state index contributed by atoms with van der Waals surface area (Å²) in [5, 5.41) is 15.6. The highest BCUT2D eigenvalue weighted by Crippen LogP contribution is 2.51. The molecule has 0 radical (unpaired) electrons. The third kappa shape index (κ3) is 2.03. The number of methoxy groups -OCH3 is 1. The van der Waals surface area contributed by atoms with E-state index in [1.807, 2.05) is 23.9 Å². The van der Waals surface area contributed by atoms with Crippen LogP contribution in [-0.2, 0) is 0 Å². The Kier molecular flexibility index (Phi) is 3.34. The van der Waals surface area contributed by atoms with Crippen LogP contribution >= 0.6 is 23.5 Å². The average molecular weight is 332 g/mol. The van der Waals surface area contributed by atoms with Crippen LogP contribution < -0.4 is 9.75 Å². The van der Waals surface area contributed by atoms with Gasteiger partial charge in [-0.2, -0.15) is 0 Å². The molecule has 3 heterocycles. The van der Waals surface area contributed by atoms with E-state index in [0.29, 0.717) is 5.92 Å². The summed E-state index contributed by atoms with van der Waals surface area (Å²) in [6, 6.07) is 8.26. The first-order valence-electron chi connectivity index (χ1n) is 7.11. The molecule has 114 valence electrons. The molecule has 0 saturated carbocycles. The molecule has 22 heavy (non-hydrogen) atoms. The molecule has 2 aromatic rings. The molecule has 1 aromatic heterocycles. The predicted octanol–water partition coefficient (Wildman–Crippen LogP) is 3.70. The van der Waals surface area contributed by atoms with Crippen molar-refractivity contribution in [1.82, 2.24) is 14.9 Å². The van der Waals surface area contributed by atoms with Crippen molar-refractivity contribution in [2.75, 3.05) is 12.1 Å². The second-order valence-electron chi connectivity index (χ2n) is 5.47. The maximum atomic E-state index is 5.25. The van der Waals surface area contributed by atoms with Gasteiger partial charge in [-0.1, -0.05) is 37.7 Å². The Balaban J connectivity index is 1.73. The molecule has 0 N–H and O–H groups in total. The first-order chi connectivity index (χ1) is 10.7. The molecule has 0 aliphatic carbocycles.